The van der Waals surface area contributed by atoms with Crippen LogP contribution >= 0.6 is 15.9 Å². The number of rotatable bonds is 5. The molecule has 0 radical (unpaired) electrons. The number of carbonyl (C=O) groups excluding carboxylic acids is 2. The Kier molecular flexibility index (Phi) is 6.83. The van der Waals surface area contributed by atoms with Gasteiger partial charge in [-0.05, 0) is 61.2 Å². The van der Waals surface area contributed by atoms with Crippen LogP contribution in [0.25, 0.3) is 0 Å². The summed E-state index contributed by atoms with van der Waals surface area (Å²) in [6.45, 7) is 3.11. The summed E-state index contributed by atoms with van der Waals surface area (Å²) < 4.78 is 14.0. The van der Waals surface area contributed by atoms with Crippen molar-refractivity contribution < 1.29 is 14.0 Å². The Labute approximate surface area is 173 Å². The van der Waals surface area contributed by atoms with Gasteiger partial charge in [-0.25, -0.2) is 4.39 Å². The molecule has 1 atom stereocenters. The average Bonchev–Trinajstić information content (AvgIpc) is 2.73. The van der Waals surface area contributed by atoms with Crippen LogP contribution in [0, 0.1) is 11.7 Å². The van der Waals surface area contributed by atoms with E-state index >= 15 is 0 Å². The number of nitrogens with one attached hydrogen (secondary N) is 1. The van der Waals surface area contributed by atoms with Crippen LogP contribution in [0.2, 0.25) is 0 Å². The van der Waals surface area contributed by atoms with E-state index in [1.807, 2.05) is 24.3 Å². The van der Waals surface area contributed by atoms with Gasteiger partial charge in [0.1, 0.15) is 5.82 Å². The minimum Gasteiger partial charge on any atom is -0.349 e. The van der Waals surface area contributed by atoms with Crippen molar-refractivity contribution in [3.63, 3.8) is 0 Å². The number of benzene rings is 2. The molecule has 0 saturated carbocycles. The molecule has 2 aromatic carbocycles. The van der Waals surface area contributed by atoms with E-state index in [4.69, 9.17) is 0 Å². The molecule has 1 unspecified atom stereocenters. The number of amides is 2. The number of nitrogens with zero attached hydrogens (tertiary/aromatic N) is 1. The van der Waals surface area contributed by atoms with Crippen LogP contribution in [0.5, 0.6) is 0 Å². The second-order valence-electron chi connectivity index (χ2n) is 7.09. The lowest BCUT2D eigenvalue weighted by Crippen LogP contribution is -2.43. The van der Waals surface area contributed by atoms with Crippen LogP contribution in [0.1, 0.15) is 48.1 Å². The third kappa shape index (κ3) is 4.98. The van der Waals surface area contributed by atoms with Crippen molar-refractivity contribution in [2.24, 2.45) is 5.92 Å². The SMILES string of the molecule is CCC(NC(=O)C1CCN(C(=O)c2ccc(F)cc2)CC1)c1ccc(Br)cc1. The quantitative estimate of drug-likeness (QED) is 0.722. The highest BCUT2D eigenvalue weighted by molar-refractivity contribution is 9.10. The summed E-state index contributed by atoms with van der Waals surface area (Å²) in [6.07, 6.45) is 2.08. The van der Waals surface area contributed by atoms with Gasteiger partial charge in [0.2, 0.25) is 5.91 Å². The topological polar surface area (TPSA) is 49.4 Å². The minimum atomic E-state index is -0.358. The first-order valence-corrected chi connectivity index (χ1v) is 10.4. The fourth-order valence-corrected chi connectivity index (χ4v) is 3.79. The molecule has 6 heteroatoms. The van der Waals surface area contributed by atoms with Crippen molar-refractivity contribution >= 4 is 27.7 Å². The molecular formula is C22H24BrFN2O2. The van der Waals surface area contributed by atoms with E-state index in [9.17, 15) is 14.0 Å². The van der Waals surface area contributed by atoms with Crippen molar-refractivity contribution in [2.75, 3.05) is 13.1 Å². The van der Waals surface area contributed by atoms with E-state index in [0.717, 1.165) is 16.5 Å². The van der Waals surface area contributed by atoms with Gasteiger partial charge in [0.05, 0.1) is 6.04 Å². The molecule has 1 fully saturated rings. The summed E-state index contributed by atoms with van der Waals surface area (Å²) in [5, 5.41) is 3.15. The predicted octanol–water partition coefficient (Wildman–Crippen LogP) is 4.71. The molecule has 4 nitrogen and oxygen atoms in total. The lowest BCUT2D eigenvalue weighted by Gasteiger charge is -2.32. The van der Waals surface area contributed by atoms with Crippen LogP contribution in [-0.2, 0) is 4.79 Å². The van der Waals surface area contributed by atoms with Crippen molar-refractivity contribution in [2.45, 2.75) is 32.2 Å². The lowest BCUT2D eigenvalue weighted by atomic mass is 9.94. The molecule has 2 aromatic rings. The summed E-state index contributed by atoms with van der Waals surface area (Å²) >= 11 is 3.43. The molecule has 0 aliphatic carbocycles. The first kappa shape index (κ1) is 20.5. The Balaban J connectivity index is 1.55. The maximum Gasteiger partial charge on any atom is 0.253 e. The monoisotopic (exact) mass is 446 g/mol. The Morgan fingerprint density at radius 1 is 1.11 bits per heavy atom. The summed E-state index contributed by atoms with van der Waals surface area (Å²) in [5.41, 5.74) is 1.56. The van der Waals surface area contributed by atoms with E-state index in [2.05, 4.69) is 28.2 Å². The number of piperidine rings is 1. The fraction of sp³-hybridized carbons (Fsp3) is 0.364. The zero-order valence-electron chi connectivity index (χ0n) is 15.8. The van der Waals surface area contributed by atoms with Crippen LogP contribution < -0.4 is 5.32 Å². The fourth-order valence-electron chi connectivity index (χ4n) is 3.53. The molecule has 1 N–H and O–H groups in total. The van der Waals surface area contributed by atoms with Gasteiger partial charge in [0.25, 0.3) is 5.91 Å². The average molecular weight is 447 g/mol. The molecule has 148 valence electrons. The predicted molar refractivity (Wildman–Crippen MR) is 110 cm³/mol. The van der Waals surface area contributed by atoms with E-state index in [-0.39, 0.29) is 29.6 Å². The van der Waals surface area contributed by atoms with Gasteiger partial charge in [-0.3, -0.25) is 9.59 Å². The van der Waals surface area contributed by atoms with Crippen molar-refractivity contribution in [3.05, 3.63) is 69.9 Å². The standard InChI is InChI=1S/C22H24BrFN2O2/c1-2-20(15-3-7-18(23)8-4-15)25-21(27)16-11-13-26(14-12-16)22(28)17-5-9-19(24)10-6-17/h3-10,16,20H,2,11-14H2,1H3,(H,25,27). The molecule has 1 aliphatic heterocycles. The molecule has 3 rings (SSSR count). The summed E-state index contributed by atoms with van der Waals surface area (Å²) in [6, 6.07) is 13.6. The molecular weight excluding hydrogens is 423 g/mol. The third-order valence-electron chi connectivity index (χ3n) is 5.24. The minimum absolute atomic E-state index is 0.0144. The van der Waals surface area contributed by atoms with Crippen molar-refractivity contribution in [1.82, 2.24) is 10.2 Å². The van der Waals surface area contributed by atoms with E-state index in [1.54, 1.807) is 4.90 Å². The zero-order chi connectivity index (χ0) is 20.1. The van der Waals surface area contributed by atoms with E-state index in [0.29, 0.717) is 31.5 Å². The molecule has 0 aromatic heterocycles. The zero-order valence-corrected chi connectivity index (χ0v) is 17.4. The van der Waals surface area contributed by atoms with E-state index < -0.39 is 0 Å². The van der Waals surface area contributed by atoms with Gasteiger partial charge in [0, 0.05) is 29.0 Å². The summed E-state index contributed by atoms with van der Waals surface area (Å²) in [7, 11) is 0. The number of halogens is 2. The Hall–Kier alpha value is -2.21. The van der Waals surface area contributed by atoms with Crippen molar-refractivity contribution in [1.29, 1.82) is 0 Å². The van der Waals surface area contributed by atoms with Crippen LogP contribution in [0.3, 0.4) is 0 Å². The van der Waals surface area contributed by atoms with Crippen molar-refractivity contribution in [3.8, 4) is 0 Å². The smallest absolute Gasteiger partial charge is 0.253 e. The first-order chi connectivity index (χ1) is 13.5. The highest BCUT2D eigenvalue weighted by Gasteiger charge is 2.29. The van der Waals surface area contributed by atoms with Crippen LogP contribution in [0.4, 0.5) is 4.39 Å². The van der Waals surface area contributed by atoms with Crippen LogP contribution in [0.15, 0.2) is 53.0 Å². The second kappa shape index (κ2) is 9.32. The molecule has 1 aliphatic rings. The Bertz CT molecular complexity index is 815. The highest BCUT2D eigenvalue weighted by Crippen LogP contribution is 2.23. The molecule has 0 spiro atoms. The maximum atomic E-state index is 13.0. The van der Waals surface area contributed by atoms with Gasteiger partial charge < -0.3 is 10.2 Å². The van der Waals surface area contributed by atoms with Gasteiger partial charge in [-0.1, -0.05) is 35.0 Å². The van der Waals surface area contributed by atoms with Gasteiger partial charge >= 0.3 is 0 Å². The first-order valence-electron chi connectivity index (χ1n) is 9.58. The summed E-state index contributed by atoms with van der Waals surface area (Å²) in [4.78, 5) is 27.0. The summed E-state index contributed by atoms with van der Waals surface area (Å²) in [5.74, 6) is -0.520. The lowest BCUT2D eigenvalue weighted by molar-refractivity contribution is -0.127. The van der Waals surface area contributed by atoms with Gasteiger partial charge in [0.15, 0.2) is 0 Å². The Morgan fingerprint density at radius 3 is 2.29 bits per heavy atom. The number of carbonyl (C=O) groups is 2. The van der Waals surface area contributed by atoms with E-state index in [1.165, 1.54) is 24.3 Å². The highest BCUT2D eigenvalue weighted by atomic mass is 79.9. The molecule has 2 amide bonds. The number of hydrogen-bond donors (Lipinski definition) is 1. The van der Waals surface area contributed by atoms with Gasteiger partial charge in [-0.15, -0.1) is 0 Å². The largest absolute Gasteiger partial charge is 0.349 e. The third-order valence-corrected chi connectivity index (χ3v) is 5.77. The number of likely N-dealkylation sites (tertiary alicyclic amines) is 1. The second-order valence-corrected chi connectivity index (χ2v) is 8.01. The molecule has 1 saturated heterocycles. The molecule has 1 heterocycles. The number of hydrogen-bond acceptors (Lipinski definition) is 2. The Morgan fingerprint density at radius 2 is 1.71 bits per heavy atom. The normalized spacial score (nSPS) is 15.9. The van der Waals surface area contributed by atoms with Gasteiger partial charge in [-0.2, -0.15) is 0 Å². The van der Waals surface area contributed by atoms with Crippen LogP contribution in [-0.4, -0.2) is 29.8 Å². The maximum absolute atomic E-state index is 13.0. The molecule has 28 heavy (non-hydrogen) atoms. The molecule has 0 bridgehead atoms.